The summed E-state index contributed by atoms with van der Waals surface area (Å²) >= 11 is 0. The van der Waals surface area contributed by atoms with E-state index in [4.69, 9.17) is 4.42 Å². The van der Waals surface area contributed by atoms with Crippen LogP contribution in [0.4, 0.5) is 0 Å². The molecule has 0 N–H and O–H groups in total. The number of rotatable bonds is 5. The van der Waals surface area contributed by atoms with Gasteiger partial charge in [-0.05, 0) is 48.6 Å². The lowest BCUT2D eigenvalue weighted by Crippen LogP contribution is -2.31. The van der Waals surface area contributed by atoms with Crippen molar-refractivity contribution in [3.63, 3.8) is 0 Å². The van der Waals surface area contributed by atoms with E-state index in [9.17, 15) is 4.79 Å². The van der Waals surface area contributed by atoms with Crippen LogP contribution in [-0.4, -0.2) is 5.78 Å². The summed E-state index contributed by atoms with van der Waals surface area (Å²) < 4.78 is 6.17. The van der Waals surface area contributed by atoms with Gasteiger partial charge in [-0.2, -0.15) is 0 Å². The standard InChI is InChI=1S/C34H28O2/c1-23-19-29(24-11-5-2-6-12-24)33(34(35)26-15-9-4-10-16-26)30(20-23)27-17-18-31-28(21-27)22-32(36-31)25-13-7-3-8-14-25/h2-18,20-22,29-30,33H,19H2,1H3. The Bertz CT molecular complexity index is 1530. The van der Waals surface area contributed by atoms with Gasteiger partial charge in [0.1, 0.15) is 11.3 Å². The van der Waals surface area contributed by atoms with Crippen molar-refractivity contribution in [2.75, 3.05) is 0 Å². The van der Waals surface area contributed by atoms with E-state index in [-0.39, 0.29) is 23.5 Å². The maximum atomic E-state index is 14.1. The molecule has 3 atom stereocenters. The van der Waals surface area contributed by atoms with Crippen molar-refractivity contribution in [3.8, 4) is 11.3 Å². The Hall–Kier alpha value is -4.17. The third-order valence-corrected chi connectivity index (χ3v) is 7.40. The van der Waals surface area contributed by atoms with Crippen LogP contribution in [0.25, 0.3) is 22.3 Å². The van der Waals surface area contributed by atoms with Gasteiger partial charge < -0.3 is 4.42 Å². The van der Waals surface area contributed by atoms with Gasteiger partial charge in [0, 0.05) is 28.3 Å². The quantitative estimate of drug-likeness (QED) is 0.190. The normalized spacial score (nSPS) is 19.7. The van der Waals surface area contributed by atoms with Crippen molar-refractivity contribution in [1.29, 1.82) is 0 Å². The zero-order chi connectivity index (χ0) is 24.5. The number of hydrogen-bond acceptors (Lipinski definition) is 2. The van der Waals surface area contributed by atoms with E-state index >= 15 is 0 Å². The van der Waals surface area contributed by atoms with E-state index in [1.807, 2.05) is 54.6 Å². The second-order valence-corrected chi connectivity index (χ2v) is 9.79. The maximum absolute atomic E-state index is 14.1. The first-order chi connectivity index (χ1) is 17.7. The second-order valence-electron chi connectivity index (χ2n) is 9.79. The summed E-state index contributed by atoms with van der Waals surface area (Å²) in [6, 6.07) is 38.9. The largest absolute Gasteiger partial charge is 0.456 e. The molecule has 1 aliphatic rings. The zero-order valence-electron chi connectivity index (χ0n) is 20.3. The van der Waals surface area contributed by atoms with E-state index in [2.05, 4.69) is 73.7 Å². The molecule has 3 unspecified atom stereocenters. The molecule has 2 nitrogen and oxygen atoms in total. The molecule has 2 heteroatoms. The summed E-state index contributed by atoms with van der Waals surface area (Å²) in [5.74, 6) is 0.981. The van der Waals surface area contributed by atoms with Crippen LogP contribution in [0.15, 0.2) is 131 Å². The van der Waals surface area contributed by atoms with Gasteiger partial charge >= 0.3 is 0 Å². The minimum Gasteiger partial charge on any atom is -0.456 e. The van der Waals surface area contributed by atoms with Crippen LogP contribution in [-0.2, 0) is 0 Å². The smallest absolute Gasteiger partial charge is 0.167 e. The van der Waals surface area contributed by atoms with Crippen molar-refractivity contribution < 1.29 is 9.21 Å². The summed E-state index contributed by atoms with van der Waals surface area (Å²) in [4.78, 5) is 14.1. The summed E-state index contributed by atoms with van der Waals surface area (Å²) in [7, 11) is 0. The Morgan fingerprint density at radius 2 is 1.42 bits per heavy atom. The number of benzene rings is 4. The molecule has 5 aromatic rings. The third kappa shape index (κ3) is 4.20. The maximum Gasteiger partial charge on any atom is 0.167 e. The lowest BCUT2D eigenvalue weighted by molar-refractivity contribution is 0.0881. The van der Waals surface area contributed by atoms with Gasteiger partial charge in [0.25, 0.3) is 0 Å². The van der Waals surface area contributed by atoms with Crippen LogP contribution in [0.5, 0.6) is 0 Å². The van der Waals surface area contributed by atoms with Gasteiger partial charge in [0.15, 0.2) is 5.78 Å². The van der Waals surface area contributed by atoms with Crippen LogP contribution < -0.4 is 0 Å². The fourth-order valence-corrected chi connectivity index (χ4v) is 5.69. The molecule has 0 aliphatic heterocycles. The molecular weight excluding hydrogens is 440 g/mol. The lowest BCUT2D eigenvalue weighted by Gasteiger charge is -2.36. The van der Waals surface area contributed by atoms with Gasteiger partial charge in [0.05, 0.1) is 0 Å². The Morgan fingerprint density at radius 3 is 2.14 bits per heavy atom. The Balaban J connectivity index is 1.46. The molecule has 1 heterocycles. The number of Topliss-reactive ketones (excluding diaryl/α,β-unsaturated/α-hetero) is 1. The molecule has 0 radical (unpaired) electrons. The fourth-order valence-electron chi connectivity index (χ4n) is 5.69. The van der Waals surface area contributed by atoms with Crippen molar-refractivity contribution in [2.45, 2.75) is 25.2 Å². The van der Waals surface area contributed by atoms with Gasteiger partial charge in [0.2, 0.25) is 0 Å². The molecule has 0 spiro atoms. The number of carbonyl (C=O) groups is 1. The Kier molecular flexibility index (Phi) is 5.87. The molecule has 1 aliphatic carbocycles. The number of carbonyl (C=O) groups excluding carboxylic acids is 1. The molecule has 0 amide bonds. The highest BCUT2D eigenvalue weighted by Gasteiger charge is 2.39. The average molecular weight is 469 g/mol. The van der Waals surface area contributed by atoms with Crippen LogP contribution in [0.2, 0.25) is 0 Å². The fraction of sp³-hybridized carbons (Fsp3) is 0.147. The van der Waals surface area contributed by atoms with E-state index in [1.54, 1.807) is 0 Å². The van der Waals surface area contributed by atoms with E-state index in [0.29, 0.717) is 0 Å². The van der Waals surface area contributed by atoms with Crippen LogP contribution >= 0.6 is 0 Å². The minimum atomic E-state index is -0.184. The van der Waals surface area contributed by atoms with E-state index in [1.165, 1.54) is 11.1 Å². The highest BCUT2D eigenvalue weighted by atomic mass is 16.3. The predicted molar refractivity (Wildman–Crippen MR) is 146 cm³/mol. The number of ketones is 1. The molecule has 0 bridgehead atoms. The number of fused-ring (bicyclic) bond motifs is 1. The monoisotopic (exact) mass is 468 g/mol. The van der Waals surface area contributed by atoms with Gasteiger partial charge in [-0.3, -0.25) is 4.79 Å². The summed E-state index contributed by atoms with van der Waals surface area (Å²) in [6.07, 6.45) is 3.19. The molecule has 0 saturated carbocycles. The molecule has 36 heavy (non-hydrogen) atoms. The van der Waals surface area contributed by atoms with Crippen molar-refractivity contribution in [2.24, 2.45) is 5.92 Å². The third-order valence-electron chi connectivity index (χ3n) is 7.40. The number of allylic oxidation sites excluding steroid dienone is 2. The lowest BCUT2D eigenvalue weighted by atomic mass is 9.66. The molecule has 4 aromatic carbocycles. The minimum absolute atomic E-state index is 0.0175. The predicted octanol–water partition coefficient (Wildman–Crippen LogP) is 8.82. The number of furan rings is 1. The first-order valence-corrected chi connectivity index (χ1v) is 12.6. The average Bonchev–Trinajstić information content (AvgIpc) is 3.37. The molecular formula is C34H28O2. The Morgan fingerprint density at radius 1 is 0.750 bits per heavy atom. The SMILES string of the molecule is CC1=CC(c2ccc3oc(-c4ccccc4)cc3c2)C(C(=O)c2ccccc2)C(c2ccccc2)C1. The van der Waals surface area contributed by atoms with Gasteiger partial charge in [-0.15, -0.1) is 0 Å². The molecule has 6 rings (SSSR count). The summed E-state index contributed by atoms with van der Waals surface area (Å²) in [5, 5.41) is 1.06. The molecule has 1 aromatic heterocycles. The summed E-state index contributed by atoms with van der Waals surface area (Å²) in [6.45, 7) is 2.19. The topological polar surface area (TPSA) is 30.2 Å². The van der Waals surface area contributed by atoms with Crippen molar-refractivity contribution in [3.05, 3.63) is 144 Å². The van der Waals surface area contributed by atoms with E-state index < -0.39 is 0 Å². The van der Waals surface area contributed by atoms with Gasteiger partial charge in [-0.1, -0.05) is 109 Å². The Labute approximate surface area is 211 Å². The van der Waals surface area contributed by atoms with Crippen molar-refractivity contribution in [1.82, 2.24) is 0 Å². The molecule has 0 saturated heterocycles. The van der Waals surface area contributed by atoms with Crippen LogP contribution in [0, 0.1) is 5.92 Å². The first kappa shape index (κ1) is 22.3. The first-order valence-electron chi connectivity index (χ1n) is 12.6. The molecule has 176 valence electrons. The van der Waals surface area contributed by atoms with Crippen LogP contribution in [0.1, 0.15) is 46.7 Å². The second kappa shape index (κ2) is 9.47. The number of hydrogen-bond donors (Lipinski definition) is 0. The van der Waals surface area contributed by atoms with Gasteiger partial charge in [-0.25, -0.2) is 0 Å². The van der Waals surface area contributed by atoms with Crippen molar-refractivity contribution >= 4 is 16.8 Å². The summed E-state index contributed by atoms with van der Waals surface area (Å²) in [5.41, 5.74) is 6.39. The molecule has 0 fully saturated rings. The zero-order valence-corrected chi connectivity index (χ0v) is 20.3. The highest BCUT2D eigenvalue weighted by molar-refractivity contribution is 5.99. The highest BCUT2D eigenvalue weighted by Crippen LogP contribution is 2.47. The van der Waals surface area contributed by atoms with Crippen LogP contribution in [0.3, 0.4) is 0 Å². The van der Waals surface area contributed by atoms with E-state index in [0.717, 1.165) is 39.8 Å².